The lowest BCUT2D eigenvalue weighted by molar-refractivity contribution is -0.120. The maximum atomic E-state index is 13.9. The number of benzene rings is 2. The number of rotatable bonds is 4. The summed E-state index contributed by atoms with van der Waals surface area (Å²) < 4.78 is 6.38. The van der Waals surface area contributed by atoms with Gasteiger partial charge in [0.25, 0.3) is 0 Å². The standard InChI is InChI=1S/C28H32O3/c1-6-17-12-16(4)13-18(7-2)22(17)23-25(29)24-26-20(19-10-8-15(3)9-11-19)14-21(31-26)28(24,5)27(23)30/h8-13,20-21,24,26,30H,6-7,14H2,1-5H3/t20?,21-,24+,26+,28-/m0/s1. The first kappa shape index (κ1) is 20.5. The number of aliphatic hydroxyl groups is 1. The van der Waals surface area contributed by atoms with Gasteiger partial charge in [-0.1, -0.05) is 61.4 Å². The van der Waals surface area contributed by atoms with Crippen LogP contribution in [-0.2, 0) is 22.4 Å². The number of fused-ring (bicyclic) bond motifs is 5. The first-order valence-electron chi connectivity index (χ1n) is 11.6. The van der Waals surface area contributed by atoms with E-state index in [0.29, 0.717) is 5.57 Å². The molecule has 2 aliphatic heterocycles. The van der Waals surface area contributed by atoms with Crippen molar-refractivity contribution >= 4 is 11.4 Å². The molecule has 2 saturated heterocycles. The first-order valence-corrected chi connectivity index (χ1v) is 11.6. The van der Waals surface area contributed by atoms with E-state index in [1.54, 1.807) is 0 Å². The van der Waals surface area contributed by atoms with Gasteiger partial charge in [-0.15, -0.1) is 0 Å². The van der Waals surface area contributed by atoms with E-state index in [-0.39, 0.29) is 35.6 Å². The summed E-state index contributed by atoms with van der Waals surface area (Å²) >= 11 is 0. The van der Waals surface area contributed by atoms with E-state index in [2.05, 4.69) is 64.1 Å². The number of carbonyl (C=O) groups is 1. The number of ketones is 1. The molecule has 1 N–H and O–H groups in total. The SMILES string of the molecule is CCc1cc(C)cc(CC)c1C1=C(O)[C@@]2(C)[C@@H]3CC(c4ccc(C)cc4)[C@@H](O3)[C@H]2C1=O. The highest BCUT2D eigenvalue weighted by Crippen LogP contribution is 2.64. The Kier molecular flexibility index (Phi) is 4.67. The molecule has 0 amide bonds. The Morgan fingerprint density at radius 1 is 1.03 bits per heavy atom. The van der Waals surface area contributed by atoms with Crippen LogP contribution in [0.4, 0.5) is 0 Å². The third kappa shape index (κ3) is 2.72. The molecule has 3 heteroatoms. The van der Waals surface area contributed by atoms with Crippen molar-refractivity contribution < 1.29 is 14.6 Å². The maximum Gasteiger partial charge on any atom is 0.173 e. The van der Waals surface area contributed by atoms with Crippen molar-refractivity contribution in [1.29, 1.82) is 0 Å². The van der Waals surface area contributed by atoms with Crippen LogP contribution < -0.4 is 0 Å². The van der Waals surface area contributed by atoms with Crippen molar-refractivity contribution in [2.24, 2.45) is 11.3 Å². The molecule has 0 radical (unpaired) electrons. The molecule has 5 atom stereocenters. The molecule has 162 valence electrons. The molecule has 31 heavy (non-hydrogen) atoms. The lowest BCUT2D eigenvalue weighted by Gasteiger charge is -2.35. The Morgan fingerprint density at radius 3 is 2.23 bits per heavy atom. The molecule has 3 aliphatic rings. The molecule has 2 heterocycles. The molecule has 3 nitrogen and oxygen atoms in total. The summed E-state index contributed by atoms with van der Waals surface area (Å²) in [4.78, 5) is 13.9. The number of Topliss-reactive ketones (excluding diaryl/α,β-unsaturated/α-hetero) is 1. The molecule has 2 aromatic carbocycles. The minimum atomic E-state index is -0.626. The fraction of sp³-hybridized carbons (Fsp3) is 0.464. The topological polar surface area (TPSA) is 46.5 Å². The van der Waals surface area contributed by atoms with Crippen LogP contribution in [0.3, 0.4) is 0 Å². The van der Waals surface area contributed by atoms with Gasteiger partial charge in [-0.25, -0.2) is 0 Å². The van der Waals surface area contributed by atoms with Crippen LogP contribution in [0.5, 0.6) is 0 Å². The second-order valence-electron chi connectivity index (χ2n) is 9.86. The van der Waals surface area contributed by atoms with Gasteiger partial charge >= 0.3 is 0 Å². The van der Waals surface area contributed by atoms with Gasteiger partial charge in [-0.05, 0) is 62.3 Å². The van der Waals surface area contributed by atoms with Gasteiger partial charge in [-0.2, -0.15) is 0 Å². The van der Waals surface area contributed by atoms with Crippen LogP contribution in [0.25, 0.3) is 5.57 Å². The van der Waals surface area contributed by atoms with Crippen molar-refractivity contribution in [3.8, 4) is 0 Å². The number of aliphatic hydroxyl groups excluding tert-OH is 1. The lowest BCUT2D eigenvalue weighted by atomic mass is 9.64. The van der Waals surface area contributed by atoms with E-state index in [1.165, 1.54) is 16.7 Å². The summed E-state index contributed by atoms with van der Waals surface area (Å²) in [7, 11) is 0. The number of allylic oxidation sites excluding steroid dienone is 1. The number of carbonyl (C=O) groups excluding carboxylic acids is 1. The summed E-state index contributed by atoms with van der Waals surface area (Å²) in [6.45, 7) is 10.5. The fourth-order valence-corrected chi connectivity index (χ4v) is 6.41. The summed E-state index contributed by atoms with van der Waals surface area (Å²) in [5, 5.41) is 11.5. The van der Waals surface area contributed by atoms with Crippen molar-refractivity contribution in [1.82, 2.24) is 0 Å². The average molecular weight is 417 g/mol. The van der Waals surface area contributed by atoms with E-state index in [0.717, 1.165) is 36.0 Å². The van der Waals surface area contributed by atoms with E-state index < -0.39 is 5.41 Å². The highest BCUT2D eigenvalue weighted by atomic mass is 16.5. The number of ether oxygens (including phenoxy) is 1. The van der Waals surface area contributed by atoms with Gasteiger partial charge in [0.15, 0.2) is 5.78 Å². The zero-order chi connectivity index (χ0) is 22.1. The maximum absolute atomic E-state index is 13.9. The van der Waals surface area contributed by atoms with E-state index in [4.69, 9.17) is 4.74 Å². The Balaban J connectivity index is 1.61. The predicted octanol–water partition coefficient (Wildman–Crippen LogP) is 5.86. The van der Waals surface area contributed by atoms with Gasteiger partial charge in [0.05, 0.1) is 29.1 Å². The molecule has 1 aliphatic carbocycles. The fourth-order valence-electron chi connectivity index (χ4n) is 6.41. The van der Waals surface area contributed by atoms with E-state index in [1.807, 2.05) is 6.92 Å². The third-order valence-electron chi connectivity index (χ3n) is 8.07. The predicted molar refractivity (Wildman–Crippen MR) is 123 cm³/mol. The molecular weight excluding hydrogens is 384 g/mol. The van der Waals surface area contributed by atoms with Crippen molar-refractivity contribution in [3.05, 3.63) is 75.5 Å². The largest absolute Gasteiger partial charge is 0.511 e. The molecule has 2 fully saturated rings. The van der Waals surface area contributed by atoms with Crippen LogP contribution >= 0.6 is 0 Å². The Hall–Kier alpha value is -2.39. The van der Waals surface area contributed by atoms with Crippen molar-refractivity contribution in [3.63, 3.8) is 0 Å². The lowest BCUT2D eigenvalue weighted by Crippen LogP contribution is -2.41. The highest BCUT2D eigenvalue weighted by molar-refractivity contribution is 6.26. The molecular formula is C28H32O3. The molecule has 5 rings (SSSR count). The zero-order valence-corrected chi connectivity index (χ0v) is 19.2. The van der Waals surface area contributed by atoms with Crippen molar-refractivity contribution in [2.75, 3.05) is 0 Å². The van der Waals surface area contributed by atoms with Crippen LogP contribution in [-0.4, -0.2) is 23.1 Å². The normalized spacial score (nSPS) is 31.6. The van der Waals surface area contributed by atoms with Crippen LogP contribution in [0.15, 0.2) is 42.2 Å². The number of hydrogen-bond donors (Lipinski definition) is 1. The molecule has 0 saturated carbocycles. The minimum absolute atomic E-state index is 0.0672. The second-order valence-corrected chi connectivity index (χ2v) is 9.86. The van der Waals surface area contributed by atoms with Crippen LogP contribution in [0, 0.1) is 25.2 Å². The molecule has 0 spiro atoms. The third-order valence-corrected chi connectivity index (χ3v) is 8.07. The van der Waals surface area contributed by atoms with Gasteiger partial charge < -0.3 is 9.84 Å². The summed E-state index contributed by atoms with van der Waals surface area (Å²) in [5.74, 6) is 0.209. The Bertz CT molecular complexity index is 1070. The monoisotopic (exact) mass is 416 g/mol. The number of aryl methyl sites for hydroxylation is 4. The smallest absolute Gasteiger partial charge is 0.173 e. The van der Waals surface area contributed by atoms with E-state index >= 15 is 0 Å². The second kappa shape index (κ2) is 7.06. The van der Waals surface area contributed by atoms with Gasteiger partial charge in [0, 0.05) is 5.92 Å². The van der Waals surface area contributed by atoms with Crippen LogP contribution in [0.2, 0.25) is 0 Å². The molecule has 2 bridgehead atoms. The minimum Gasteiger partial charge on any atom is -0.511 e. The quantitative estimate of drug-likeness (QED) is 0.679. The number of hydrogen-bond acceptors (Lipinski definition) is 3. The van der Waals surface area contributed by atoms with Crippen molar-refractivity contribution in [2.45, 2.75) is 72.0 Å². The molecule has 0 aromatic heterocycles. The summed E-state index contributed by atoms with van der Waals surface area (Å²) in [6, 6.07) is 12.9. The zero-order valence-electron chi connectivity index (χ0n) is 19.2. The van der Waals surface area contributed by atoms with Gasteiger partial charge in [0.1, 0.15) is 5.76 Å². The van der Waals surface area contributed by atoms with Gasteiger partial charge in [-0.3, -0.25) is 4.79 Å². The van der Waals surface area contributed by atoms with Gasteiger partial charge in [0.2, 0.25) is 0 Å². The summed E-state index contributed by atoms with van der Waals surface area (Å²) in [5.41, 5.74) is 6.88. The molecule has 1 unspecified atom stereocenters. The first-order chi connectivity index (χ1) is 14.8. The Labute approximate surface area is 185 Å². The summed E-state index contributed by atoms with van der Waals surface area (Å²) in [6.07, 6.45) is 2.22. The van der Waals surface area contributed by atoms with E-state index in [9.17, 15) is 9.90 Å². The Morgan fingerprint density at radius 2 is 1.65 bits per heavy atom. The highest BCUT2D eigenvalue weighted by Gasteiger charge is 2.69. The average Bonchev–Trinajstić information content (AvgIpc) is 3.37. The van der Waals surface area contributed by atoms with Crippen LogP contribution in [0.1, 0.15) is 66.5 Å². The molecule has 2 aromatic rings.